The molecule has 4 aliphatic carbocycles. The van der Waals surface area contributed by atoms with E-state index in [2.05, 4.69) is 538 Å². The summed E-state index contributed by atoms with van der Waals surface area (Å²) in [6.45, 7) is 14.5. The summed E-state index contributed by atoms with van der Waals surface area (Å²) in [5.74, 6) is 0.179. The maximum atomic E-state index is 2.47. The van der Waals surface area contributed by atoms with Crippen LogP contribution in [0.1, 0.15) is 6.42 Å². The standard InChI is InChI=1S/C46H46N2Si2.C44H32N2.C34H22/c1-49(2,3)39-25-21-37(22-26-39)47(35-13-9-7-10-14-35)43-31-19-33-18-30-42-44(32-20-34-17-29-41(43)45(33)46(34)42)48(36-15-11-8-12-16-36)38-23-27-40(28-24-38)50(4,5)6;1-3-17-37(18-4-1)45(43-23-11-15-35-13-7-9-21-41(35)43)39-29-25-33(26-30-39)34-27-31-40(32-28-34)46(38-19-5-2-6-20-38)44-24-12-16-36-14-8-10-22-42(36)44;1-3-15-25-23(11-1)13-9-21-27(25)33-29-17-5-7-19-31(29)34(32-20-8-6-18-30(32)33)28-22-10-14-24-12-2-4-16-26(24)28/h7-19,21-32,45H,20H2,1-6H3;1-32H;1-22H. The summed E-state index contributed by atoms with van der Waals surface area (Å²) in [6, 6.07) is 158. The van der Waals surface area contributed by atoms with Gasteiger partial charge in [0.15, 0.2) is 0 Å². The minimum absolute atomic E-state index is 0.179. The lowest BCUT2D eigenvalue weighted by molar-refractivity contribution is 0.799. The minimum atomic E-state index is -1.43. The van der Waals surface area contributed by atoms with Crippen LogP contribution in [-0.4, -0.2) is 16.1 Å². The third-order valence-electron chi connectivity index (χ3n) is 26.2. The van der Waals surface area contributed by atoms with E-state index in [4.69, 9.17) is 0 Å². The van der Waals surface area contributed by atoms with Gasteiger partial charge in [-0.15, -0.1) is 0 Å². The van der Waals surface area contributed by atoms with Crippen molar-refractivity contribution >= 4 is 148 Å². The summed E-state index contributed by atoms with van der Waals surface area (Å²) < 4.78 is 0. The molecule has 23 rings (SSSR count). The second-order valence-electron chi connectivity index (χ2n) is 36.2. The Morgan fingerprint density at radius 2 is 0.546 bits per heavy atom. The molecule has 0 radical (unpaired) electrons. The van der Waals surface area contributed by atoms with Gasteiger partial charge in [0.1, 0.15) is 0 Å². The quantitative estimate of drug-likeness (QED) is 0.0665. The van der Waals surface area contributed by atoms with Crippen LogP contribution in [0.5, 0.6) is 0 Å². The number of rotatable bonds is 17. The van der Waals surface area contributed by atoms with Crippen molar-refractivity contribution in [3.05, 3.63) is 519 Å². The summed E-state index contributed by atoms with van der Waals surface area (Å²) >= 11 is 0. The van der Waals surface area contributed by atoms with E-state index in [1.807, 2.05) is 0 Å². The Hall–Kier alpha value is -15.4. The number of para-hydroxylation sites is 4. The zero-order valence-corrected chi connectivity index (χ0v) is 76.2. The third kappa shape index (κ3) is 15.7. The SMILES string of the molecule is C[Si](C)(C)c1ccc(N(C2=CC=C3C=CC4=C5C(=CC=C2C35)CC=C4N(c2ccccc2)c2ccc([Si](C)(C)C)cc2)c2ccccc2)cc1.c1ccc(N(c2ccc(-c3ccc(N(c4ccccc4)c4cccc5ccccc45)cc3)cc2)c2cccc3ccccc23)cc1.c1ccc2c(-c3c4ccccc4c(-c4cccc5ccccc45)c4ccccc34)cccc2c1. The van der Waals surface area contributed by atoms with Crippen LogP contribution in [0, 0.1) is 5.92 Å². The van der Waals surface area contributed by atoms with Crippen molar-refractivity contribution in [2.45, 2.75) is 45.7 Å². The van der Waals surface area contributed by atoms with Crippen molar-refractivity contribution in [2.75, 3.05) is 19.6 Å². The van der Waals surface area contributed by atoms with Crippen molar-refractivity contribution in [3.8, 4) is 33.4 Å². The number of allylic oxidation sites excluding steroid dienone is 11. The Balaban J connectivity index is 0.000000120. The van der Waals surface area contributed by atoms with Gasteiger partial charge in [0.2, 0.25) is 0 Å². The second-order valence-corrected chi connectivity index (χ2v) is 46.3. The van der Waals surface area contributed by atoms with Crippen molar-refractivity contribution < 1.29 is 0 Å². The van der Waals surface area contributed by atoms with Gasteiger partial charge in [0.25, 0.3) is 0 Å². The third-order valence-corrected chi connectivity index (χ3v) is 30.3. The van der Waals surface area contributed by atoms with Gasteiger partial charge < -0.3 is 19.6 Å². The number of fused-ring (bicyclic) bond motifs is 6. The summed E-state index contributed by atoms with van der Waals surface area (Å²) in [5.41, 5.74) is 28.5. The molecule has 1 unspecified atom stereocenters. The molecule has 0 saturated carbocycles. The number of hydrogen-bond acceptors (Lipinski definition) is 4. The smallest absolute Gasteiger partial charge is 0.0775 e. The van der Waals surface area contributed by atoms with Crippen LogP contribution in [-0.2, 0) is 0 Å². The fraction of sp³-hybridized carbons (Fsp3) is 0.0645. The first kappa shape index (κ1) is 81.6. The first-order valence-corrected chi connectivity index (χ1v) is 52.5. The molecule has 0 spiro atoms. The molecule has 0 saturated heterocycles. The van der Waals surface area contributed by atoms with Crippen LogP contribution in [0.4, 0.5) is 56.9 Å². The van der Waals surface area contributed by atoms with Gasteiger partial charge in [-0.2, -0.15) is 0 Å². The normalized spacial score (nSPS) is 13.8. The highest BCUT2D eigenvalue weighted by Gasteiger charge is 2.40. The molecular formula is C124H100N4Si2. The number of benzene rings is 19. The van der Waals surface area contributed by atoms with Crippen molar-refractivity contribution in [1.29, 1.82) is 0 Å². The van der Waals surface area contributed by atoms with E-state index >= 15 is 0 Å². The van der Waals surface area contributed by atoms with E-state index in [9.17, 15) is 0 Å². The van der Waals surface area contributed by atoms with Gasteiger partial charge >= 0.3 is 0 Å². The molecule has 0 N–H and O–H groups in total. The first-order valence-electron chi connectivity index (χ1n) is 45.5. The topological polar surface area (TPSA) is 13.0 Å². The predicted molar refractivity (Wildman–Crippen MR) is 564 cm³/mol. The fourth-order valence-corrected chi connectivity index (χ4v) is 22.1. The van der Waals surface area contributed by atoms with E-state index in [1.165, 1.54) is 170 Å². The fourth-order valence-electron chi connectivity index (χ4n) is 19.8. The molecule has 0 fully saturated rings. The average molecular weight is 1700 g/mol. The van der Waals surface area contributed by atoms with E-state index in [1.54, 1.807) is 0 Å². The van der Waals surface area contributed by atoms with Crippen LogP contribution < -0.4 is 30.0 Å². The molecule has 1 atom stereocenters. The zero-order chi connectivity index (χ0) is 87.8. The molecule has 130 heavy (non-hydrogen) atoms. The van der Waals surface area contributed by atoms with Crippen LogP contribution in [0.25, 0.3) is 98.0 Å². The van der Waals surface area contributed by atoms with Crippen molar-refractivity contribution in [3.63, 3.8) is 0 Å². The van der Waals surface area contributed by atoms with E-state index in [0.717, 1.165) is 40.5 Å². The van der Waals surface area contributed by atoms with Crippen LogP contribution in [0.3, 0.4) is 0 Å². The Kier molecular flexibility index (Phi) is 22.0. The van der Waals surface area contributed by atoms with Crippen LogP contribution >= 0.6 is 0 Å². The lowest BCUT2D eigenvalue weighted by Crippen LogP contribution is -2.37. The highest BCUT2D eigenvalue weighted by molar-refractivity contribution is 6.89. The molecule has 0 aromatic heterocycles. The zero-order valence-electron chi connectivity index (χ0n) is 74.2. The molecule has 0 heterocycles. The van der Waals surface area contributed by atoms with Crippen LogP contribution in [0.2, 0.25) is 39.3 Å². The van der Waals surface area contributed by atoms with Gasteiger partial charge in [-0.25, -0.2) is 0 Å². The number of nitrogens with zero attached hydrogens (tertiary/aromatic N) is 4. The molecule has 6 heteroatoms. The molecule has 4 nitrogen and oxygen atoms in total. The maximum Gasteiger partial charge on any atom is 0.0775 e. The molecule has 0 bridgehead atoms. The van der Waals surface area contributed by atoms with E-state index < -0.39 is 16.1 Å². The summed E-state index contributed by atoms with van der Waals surface area (Å²) in [5, 5.41) is 18.1. The maximum absolute atomic E-state index is 2.47. The number of anilines is 10. The molecule has 19 aromatic rings. The van der Waals surface area contributed by atoms with Crippen molar-refractivity contribution in [1.82, 2.24) is 0 Å². The van der Waals surface area contributed by atoms with Gasteiger partial charge in [-0.3, -0.25) is 0 Å². The summed E-state index contributed by atoms with van der Waals surface area (Å²) in [6.07, 6.45) is 17.6. The molecule has 0 amide bonds. The minimum Gasteiger partial charge on any atom is -0.310 e. The highest BCUT2D eigenvalue weighted by Crippen LogP contribution is 2.55. The number of hydrogen-bond donors (Lipinski definition) is 0. The Morgan fingerprint density at radius 3 is 0.938 bits per heavy atom. The van der Waals surface area contributed by atoms with Gasteiger partial charge in [-0.05, 0) is 231 Å². The Morgan fingerprint density at radius 1 is 0.238 bits per heavy atom. The lowest BCUT2D eigenvalue weighted by Gasteiger charge is -2.42. The predicted octanol–water partition coefficient (Wildman–Crippen LogP) is 33.4. The Labute approximate surface area is 765 Å². The van der Waals surface area contributed by atoms with Crippen LogP contribution in [0.15, 0.2) is 519 Å². The average Bonchev–Trinajstić information content (AvgIpc) is 0.724. The summed E-state index contributed by atoms with van der Waals surface area (Å²) in [4.78, 5) is 9.62. The molecule has 624 valence electrons. The molecule has 19 aromatic carbocycles. The Bertz CT molecular complexity index is 7350. The van der Waals surface area contributed by atoms with E-state index in [-0.39, 0.29) is 5.92 Å². The summed E-state index contributed by atoms with van der Waals surface area (Å²) in [7, 11) is -2.85. The largest absolute Gasteiger partial charge is 0.310 e. The van der Waals surface area contributed by atoms with Gasteiger partial charge in [0, 0.05) is 67.8 Å². The monoisotopic (exact) mass is 1700 g/mol. The molecular weight excluding hydrogens is 1600 g/mol. The second kappa shape index (κ2) is 35.1. The van der Waals surface area contributed by atoms with Crippen molar-refractivity contribution in [2.24, 2.45) is 5.92 Å². The first-order chi connectivity index (χ1) is 63.8. The van der Waals surface area contributed by atoms with Gasteiger partial charge in [-0.1, -0.05) is 414 Å². The van der Waals surface area contributed by atoms with E-state index in [0.29, 0.717) is 0 Å². The highest BCUT2D eigenvalue weighted by atomic mass is 28.3. The molecule has 4 aliphatic rings. The lowest BCUT2D eigenvalue weighted by atomic mass is 9.67. The van der Waals surface area contributed by atoms with Gasteiger partial charge in [0.05, 0.1) is 38.9 Å². The molecule has 0 aliphatic heterocycles.